The van der Waals surface area contributed by atoms with E-state index in [-0.39, 0.29) is 12.5 Å². The smallest absolute Gasteiger partial charge is 0.262 e. The zero-order valence-electron chi connectivity index (χ0n) is 13.0. The Balaban J connectivity index is 1.63. The molecule has 6 nitrogen and oxygen atoms in total. The van der Waals surface area contributed by atoms with Gasteiger partial charge in [-0.25, -0.2) is 9.97 Å². The van der Waals surface area contributed by atoms with Crippen LogP contribution in [0, 0.1) is 0 Å². The third-order valence-electron chi connectivity index (χ3n) is 3.64. The number of anilines is 3. The van der Waals surface area contributed by atoms with Crippen molar-refractivity contribution in [2.75, 3.05) is 17.2 Å². The molecular weight excluding hydrogens is 340 g/mol. The maximum atomic E-state index is 11.5. The van der Waals surface area contributed by atoms with Crippen molar-refractivity contribution in [3.05, 3.63) is 59.8 Å². The first-order valence-electron chi connectivity index (χ1n) is 7.60. The molecule has 0 bridgehead atoms. The number of amides is 1. The van der Waals surface area contributed by atoms with Crippen molar-refractivity contribution in [2.24, 2.45) is 0 Å². The summed E-state index contributed by atoms with van der Waals surface area (Å²) in [5.74, 6) is 0.933. The molecule has 7 heteroatoms. The van der Waals surface area contributed by atoms with E-state index in [1.54, 1.807) is 24.4 Å². The van der Waals surface area contributed by atoms with Crippen LogP contribution in [-0.4, -0.2) is 22.5 Å². The molecule has 1 aliphatic heterocycles. The van der Waals surface area contributed by atoms with Gasteiger partial charge in [0, 0.05) is 22.5 Å². The minimum absolute atomic E-state index is 0.0353. The number of carbonyl (C=O) groups is 1. The lowest BCUT2D eigenvalue weighted by atomic mass is 10.1. The molecule has 2 N–H and O–H groups in total. The monoisotopic (exact) mass is 352 g/mol. The second-order valence-electron chi connectivity index (χ2n) is 5.45. The number of fused-ring (bicyclic) bond motifs is 1. The molecule has 0 aliphatic carbocycles. The Bertz CT molecular complexity index is 961. The lowest BCUT2D eigenvalue weighted by Gasteiger charge is -2.18. The van der Waals surface area contributed by atoms with Gasteiger partial charge in [-0.2, -0.15) is 0 Å². The van der Waals surface area contributed by atoms with Crippen molar-refractivity contribution in [1.29, 1.82) is 0 Å². The molecule has 1 aliphatic rings. The number of hydrogen-bond acceptors (Lipinski definition) is 5. The third kappa shape index (κ3) is 3.39. The van der Waals surface area contributed by atoms with Crippen LogP contribution >= 0.6 is 11.6 Å². The second kappa shape index (κ2) is 6.41. The number of carbonyl (C=O) groups excluding carboxylic acids is 1. The average molecular weight is 353 g/mol. The second-order valence-corrected chi connectivity index (χ2v) is 5.89. The first-order chi connectivity index (χ1) is 12.2. The predicted octanol–water partition coefficient (Wildman–Crippen LogP) is 3.87. The SMILES string of the molecule is O=C1COc2ccc(-c3ccnc(Nc4cccc(Cl)c4)n3)cc2N1. The quantitative estimate of drug-likeness (QED) is 0.748. The molecular formula is C18H13ClN4O2. The molecule has 4 rings (SSSR count). The zero-order valence-corrected chi connectivity index (χ0v) is 13.7. The normalized spacial score (nSPS) is 12.8. The number of halogens is 1. The van der Waals surface area contributed by atoms with Gasteiger partial charge in [-0.05, 0) is 42.5 Å². The van der Waals surface area contributed by atoms with Gasteiger partial charge in [0.2, 0.25) is 5.95 Å². The maximum absolute atomic E-state index is 11.5. The van der Waals surface area contributed by atoms with Crippen LogP contribution in [0.2, 0.25) is 5.02 Å². The van der Waals surface area contributed by atoms with E-state index in [4.69, 9.17) is 16.3 Å². The van der Waals surface area contributed by atoms with Crippen LogP contribution < -0.4 is 15.4 Å². The van der Waals surface area contributed by atoms with Crippen molar-refractivity contribution in [1.82, 2.24) is 9.97 Å². The Morgan fingerprint density at radius 2 is 2.08 bits per heavy atom. The topological polar surface area (TPSA) is 76.1 Å². The number of hydrogen-bond donors (Lipinski definition) is 2. The van der Waals surface area contributed by atoms with Gasteiger partial charge < -0.3 is 15.4 Å². The fourth-order valence-corrected chi connectivity index (χ4v) is 2.71. The summed E-state index contributed by atoms with van der Waals surface area (Å²) < 4.78 is 5.37. The Morgan fingerprint density at radius 3 is 2.96 bits per heavy atom. The minimum Gasteiger partial charge on any atom is -0.482 e. The molecule has 3 aromatic rings. The summed E-state index contributed by atoms with van der Waals surface area (Å²) in [5, 5.41) is 6.55. The average Bonchev–Trinajstić information content (AvgIpc) is 2.61. The van der Waals surface area contributed by atoms with Gasteiger partial charge in [-0.3, -0.25) is 4.79 Å². The van der Waals surface area contributed by atoms with E-state index in [0.717, 1.165) is 16.9 Å². The van der Waals surface area contributed by atoms with E-state index in [2.05, 4.69) is 20.6 Å². The van der Waals surface area contributed by atoms with Crippen molar-refractivity contribution in [2.45, 2.75) is 0 Å². The van der Waals surface area contributed by atoms with Gasteiger partial charge in [-0.15, -0.1) is 0 Å². The lowest BCUT2D eigenvalue weighted by Crippen LogP contribution is -2.25. The summed E-state index contributed by atoms with van der Waals surface area (Å²) >= 11 is 5.99. The number of nitrogens with zero attached hydrogens (tertiary/aromatic N) is 2. The van der Waals surface area contributed by atoms with Crippen LogP contribution in [0.1, 0.15) is 0 Å². The molecule has 0 spiro atoms. The van der Waals surface area contributed by atoms with Crippen molar-refractivity contribution in [3.63, 3.8) is 0 Å². The van der Waals surface area contributed by atoms with E-state index < -0.39 is 0 Å². The summed E-state index contributed by atoms with van der Waals surface area (Å²) in [7, 11) is 0. The first kappa shape index (κ1) is 15.4. The van der Waals surface area contributed by atoms with Gasteiger partial charge in [0.05, 0.1) is 11.4 Å². The molecule has 0 unspecified atom stereocenters. The molecule has 2 heterocycles. The first-order valence-corrected chi connectivity index (χ1v) is 7.98. The van der Waals surface area contributed by atoms with E-state index in [9.17, 15) is 4.79 Å². The molecule has 1 aromatic heterocycles. The Hall–Kier alpha value is -3.12. The summed E-state index contributed by atoms with van der Waals surface area (Å²) in [6.07, 6.45) is 1.67. The van der Waals surface area contributed by atoms with E-state index in [1.165, 1.54) is 0 Å². The highest BCUT2D eigenvalue weighted by atomic mass is 35.5. The van der Waals surface area contributed by atoms with E-state index in [1.807, 2.05) is 30.3 Å². The van der Waals surface area contributed by atoms with Gasteiger partial charge in [0.25, 0.3) is 5.91 Å². The lowest BCUT2D eigenvalue weighted by molar-refractivity contribution is -0.118. The van der Waals surface area contributed by atoms with Gasteiger partial charge >= 0.3 is 0 Å². The number of benzene rings is 2. The molecule has 0 fully saturated rings. The van der Waals surface area contributed by atoms with Crippen molar-refractivity contribution >= 4 is 34.8 Å². The number of ether oxygens (including phenoxy) is 1. The highest BCUT2D eigenvalue weighted by molar-refractivity contribution is 6.30. The fraction of sp³-hybridized carbons (Fsp3) is 0.0556. The van der Waals surface area contributed by atoms with Crippen molar-refractivity contribution in [3.8, 4) is 17.0 Å². The highest BCUT2D eigenvalue weighted by Gasteiger charge is 2.16. The Kier molecular flexibility index (Phi) is 3.95. The Labute approximate surface area is 148 Å². The summed E-state index contributed by atoms with van der Waals surface area (Å²) in [6.45, 7) is 0.0353. The van der Waals surface area contributed by atoms with E-state index in [0.29, 0.717) is 22.4 Å². The van der Waals surface area contributed by atoms with Crippen LogP contribution in [0.3, 0.4) is 0 Å². The van der Waals surface area contributed by atoms with Crippen molar-refractivity contribution < 1.29 is 9.53 Å². The molecule has 1 amide bonds. The van der Waals surface area contributed by atoms with Crippen LogP contribution in [-0.2, 0) is 4.79 Å². The summed E-state index contributed by atoms with van der Waals surface area (Å²) in [6, 6.07) is 14.7. The van der Waals surface area contributed by atoms with Gasteiger partial charge in [0.15, 0.2) is 6.61 Å². The van der Waals surface area contributed by atoms with E-state index >= 15 is 0 Å². The molecule has 0 saturated heterocycles. The van der Waals surface area contributed by atoms with Crippen LogP contribution in [0.25, 0.3) is 11.3 Å². The van der Waals surface area contributed by atoms with Crippen LogP contribution in [0.5, 0.6) is 5.75 Å². The number of aromatic nitrogens is 2. The zero-order chi connectivity index (χ0) is 17.2. The third-order valence-corrected chi connectivity index (χ3v) is 3.88. The highest BCUT2D eigenvalue weighted by Crippen LogP contribution is 2.32. The molecule has 25 heavy (non-hydrogen) atoms. The predicted molar refractivity (Wildman–Crippen MR) is 96.3 cm³/mol. The van der Waals surface area contributed by atoms with Gasteiger partial charge in [0.1, 0.15) is 5.75 Å². The van der Waals surface area contributed by atoms with Crippen LogP contribution in [0.4, 0.5) is 17.3 Å². The molecule has 0 atom stereocenters. The summed E-state index contributed by atoms with van der Waals surface area (Å²) in [5.41, 5.74) is 3.01. The Morgan fingerprint density at radius 1 is 1.16 bits per heavy atom. The maximum Gasteiger partial charge on any atom is 0.262 e. The standard InChI is InChI=1S/C18H13ClN4O2/c19-12-2-1-3-13(9-12)21-18-20-7-6-14(23-18)11-4-5-16-15(8-11)22-17(24)10-25-16/h1-9H,10H2,(H,22,24)(H,20,21,23). The largest absolute Gasteiger partial charge is 0.482 e. The van der Waals surface area contributed by atoms with Gasteiger partial charge in [-0.1, -0.05) is 17.7 Å². The van der Waals surface area contributed by atoms with Crippen LogP contribution in [0.15, 0.2) is 54.7 Å². The minimum atomic E-state index is -0.171. The number of nitrogens with one attached hydrogen (secondary N) is 2. The number of rotatable bonds is 3. The fourth-order valence-electron chi connectivity index (χ4n) is 2.52. The molecule has 124 valence electrons. The molecule has 0 radical (unpaired) electrons. The molecule has 0 saturated carbocycles. The summed E-state index contributed by atoms with van der Waals surface area (Å²) in [4.78, 5) is 20.2. The molecule has 2 aromatic carbocycles.